The zero-order valence-electron chi connectivity index (χ0n) is 9.88. The molecule has 84 valence electrons. The lowest BCUT2D eigenvalue weighted by atomic mass is 10.0. The normalized spacial score (nSPS) is 12.8. The maximum absolute atomic E-state index is 8.69. The van der Waals surface area contributed by atoms with Crippen molar-refractivity contribution < 1.29 is 5.11 Å². The fourth-order valence-corrected chi connectivity index (χ4v) is 1.55. The van der Waals surface area contributed by atoms with E-state index in [-0.39, 0.29) is 6.61 Å². The molecule has 0 saturated carbocycles. The van der Waals surface area contributed by atoms with Crippen molar-refractivity contribution in [2.75, 3.05) is 13.2 Å². The van der Waals surface area contributed by atoms with Crippen molar-refractivity contribution in [3.8, 4) is 0 Å². The fraction of sp³-hybridized carbons (Fsp3) is 0.538. The van der Waals surface area contributed by atoms with E-state index in [1.165, 1.54) is 16.7 Å². The monoisotopic (exact) mass is 207 g/mol. The SMILES string of the molecule is Cc1ccc(C(C)NCCCO)cc1C. The van der Waals surface area contributed by atoms with Gasteiger partial charge in [0, 0.05) is 12.6 Å². The summed E-state index contributed by atoms with van der Waals surface area (Å²) in [5.41, 5.74) is 3.99. The lowest BCUT2D eigenvalue weighted by Gasteiger charge is -2.15. The molecule has 2 N–H and O–H groups in total. The quantitative estimate of drug-likeness (QED) is 0.726. The number of aliphatic hydroxyl groups is 1. The molecular formula is C13H21NO. The molecule has 15 heavy (non-hydrogen) atoms. The van der Waals surface area contributed by atoms with E-state index in [9.17, 15) is 0 Å². The summed E-state index contributed by atoms with van der Waals surface area (Å²) >= 11 is 0. The summed E-state index contributed by atoms with van der Waals surface area (Å²) in [4.78, 5) is 0. The average Bonchev–Trinajstić information content (AvgIpc) is 2.22. The van der Waals surface area contributed by atoms with Gasteiger partial charge in [-0.2, -0.15) is 0 Å². The molecule has 1 atom stereocenters. The molecule has 0 amide bonds. The molecule has 0 saturated heterocycles. The second-order valence-electron chi connectivity index (χ2n) is 4.10. The van der Waals surface area contributed by atoms with Crippen molar-refractivity contribution in [2.24, 2.45) is 0 Å². The summed E-state index contributed by atoms with van der Waals surface area (Å²) in [6.07, 6.45) is 0.815. The Morgan fingerprint density at radius 3 is 2.60 bits per heavy atom. The molecule has 0 aliphatic rings. The van der Waals surface area contributed by atoms with Crippen molar-refractivity contribution in [3.63, 3.8) is 0 Å². The van der Waals surface area contributed by atoms with Gasteiger partial charge >= 0.3 is 0 Å². The van der Waals surface area contributed by atoms with Crippen molar-refractivity contribution >= 4 is 0 Å². The Kier molecular flexibility index (Phi) is 4.79. The number of benzene rings is 1. The van der Waals surface area contributed by atoms with Crippen LogP contribution in [-0.2, 0) is 0 Å². The number of aryl methyl sites for hydroxylation is 2. The third-order valence-corrected chi connectivity index (χ3v) is 2.82. The van der Waals surface area contributed by atoms with Gasteiger partial charge in [0.25, 0.3) is 0 Å². The third-order valence-electron chi connectivity index (χ3n) is 2.82. The van der Waals surface area contributed by atoms with E-state index in [1.807, 2.05) is 0 Å². The Morgan fingerprint density at radius 2 is 2.00 bits per heavy atom. The minimum Gasteiger partial charge on any atom is -0.396 e. The Morgan fingerprint density at radius 1 is 1.27 bits per heavy atom. The summed E-state index contributed by atoms with van der Waals surface area (Å²) < 4.78 is 0. The molecule has 0 heterocycles. The zero-order valence-corrected chi connectivity index (χ0v) is 9.88. The van der Waals surface area contributed by atoms with Gasteiger partial charge in [0.2, 0.25) is 0 Å². The van der Waals surface area contributed by atoms with Crippen molar-refractivity contribution in [3.05, 3.63) is 34.9 Å². The van der Waals surface area contributed by atoms with Crippen LogP contribution in [0.25, 0.3) is 0 Å². The molecule has 0 spiro atoms. The van der Waals surface area contributed by atoms with Gasteiger partial charge in [-0.25, -0.2) is 0 Å². The first-order valence-corrected chi connectivity index (χ1v) is 5.56. The first-order chi connectivity index (χ1) is 7.15. The zero-order chi connectivity index (χ0) is 11.3. The summed E-state index contributed by atoms with van der Waals surface area (Å²) in [5.74, 6) is 0. The highest BCUT2D eigenvalue weighted by Gasteiger charge is 2.04. The maximum atomic E-state index is 8.69. The van der Waals surface area contributed by atoms with Gasteiger partial charge < -0.3 is 10.4 Å². The van der Waals surface area contributed by atoms with Crippen LogP contribution >= 0.6 is 0 Å². The molecule has 1 aromatic rings. The maximum Gasteiger partial charge on any atom is 0.0443 e. The van der Waals surface area contributed by atoms with Crippen molar-refractivity contribution in [1.82, 2.24) is 5.32 Å². The summed E-state index contributed by atoms with van der Waals surface area (Å²) in [6, 6.07) is 6.91. The number of rotatable bonds is 5. The van der Waals surface area contributed by atoms with Crippen LogP contribution in [0.3, 0.4) is 0 Å². The topological polar surface area (TPSA) is 32.3 Å². The van der Waals surface area contributed by atoms with Crippen molar-refractivity contribution in [1.29, 1.82) is 0 Å². The number of aliphatic hydroxyl groups excluding tert-OH is 1. The predicted octanol–water partition coefficient (Wildman–Crippen LogP) is 2.34. The van der Waals surface area contributed by atoms with Gasteiger partial charge in [-0.15, -0.1) is 0 Å². The van der Waals surface area contributed by atoms with Gasteiger partial charge in [0.15, 0.2) is 0 Å². The van der Waals surface area contributed by atoms with Gasteiger partial charge in [-0.1, -0.05) is 18.2 Å². The molecule has 0 aromatic heterocycles. The Labute approximate surface area is 92.3 Å². The highest BCUT2D eigenvalue weighted by molar-refractivity contribution is 5.31. The fourth-order valence-electron chi connectivity index (χ4n) is 1.55. The Hall–Kier alpha value is -0.860. The van der Waals surface area contributed by atoms with E-state index >= 15 is 0 Å². The predicted molar refractivity (Wildman–Crippen MR) is 64.0 cm³/mol. The van der Waals surface area contributed by atoms with Crippen LogP contribution in [0.4, 0.5) is 0 Å². The standard InChI is InChI=1S/C13H21NO/c1-10-5-6-13(9-11(10)2)12(3)14-7-4-8-15/h5-6,9,12,14-15H,4,7-8H2,1-3H3. The smallest absolute Gasteiger partial charge is 0.0443 e. The first-order valence-electron chi connectivity index (χ1n) is 5.56. The van der Waals surface area contributed by atoms with Crippen LogP contribution in [0.15, 0.2) is 18.2 Å². The molecular weight excluding hydrogens is 186 g/mol. The molecule has 0 bridgehead atoms. The lowest BCUT2D eigenvalue weighted by Crippen LogP contribution is -2.20. The number of hydrogen-bond acceptors (Lipinski definition) is 2. The molecule has 1 unspecified atom stereocenters. The van der Waals surface area contributed by atoms with Crippen LogP contribution in [0.2, 0.25) is 0 Å². The number of hydrogen-bond donors (Lipinski definition) is 2. The van der Waals surface area contributed by atoms with Crippen LogP contribution in [0.5, 0.6) is 0 Å². The van der Waals surface area contributed by atoms with Gasteiger partial charge in [-0.3, -0.25) is 0 Å². The second kappa shape index (κ2) is 5.89. The lowest BCUT2D eigenvalue weighted by molar-refractivity contribution is 0.284. The Balaban J connectivity index is 2.57. The van der Waals surface area contributed by atoms with E-state index < -0.39 is 0 Å². The van der Waals surface area contributed by atoms with E-state index in [0.29, 0.717) is 6.04 Å². The summed E-state index contributed by atoms with van der Waals surface area (Å²) in [5, 5.41) is 12.1. The number of nitrogens with one attached hydrogen (secondary N) is 1. The van der Waals surface area contributed by atoms with Crippen LogP contribution in [0, 0.1) is 13.8 Å². The highest BCUT2D eigenvalue weighted by atomic mass is 16.3. The van der Waals surface area contributed by atoms with Gasteiger partial charge in [0.05, 0.1) is 0 Å². The van der Waals surface area contributed by atoms with E-state index in [1.54, 1.807) is 0 Å². The van der Waals surface area contributed by atoms with Crippen LogP contribution in [-0.4, -0.2) is 18.3 Å². The largest absolute Gasteiger partial charge is 0.396 e. The summed E-state index contributed by atoms with van der Waals surface area (Å²) in [6.45, 7) is 7.54. The average molecular weight is 207 g/mol. The Bertz CT molecular complexity index is 309. The first kappa shape index (κ1) is 12.2. The molecule has 2 heteroatoms. The molecule has 2 nitrogen and oxygen atoms in total. The third kappa shape index (κ3) is 3.65. The molecule has 1 rings (SSSR count). The van der Waals surface area contributed by atoms with E-state index in [2.05, 4.69) is 44.3 Å². The summed E-state index contributed by atoms with van der Waals surface area (Å²) in [7, 11) is 0. The molecule has 0 fully saturated rings. The van der Waals surface area contributed by atoms with Gasteiger partial charge in [0.1, 0.15) is 0 Å². The minimum absolute atomic E-state index is 0.257. The van der Waals surface area contributed by atoms with E-state index in [0.717, 1.165) is 13.0 Å². The van der Waals surface area contributed by atoms with Crippen LogP contribution < -0.4 is 5.32 Å². The van der Waals surface area contributed by atoms with Crippen molar-refractivity contribution in [2.45, 2.75) is 33.2 Å². The van der Waals surface area contributed by atoms with Gasteiger partial charge in [-0.05, 0) is 50.4 Å². The second-order valence-corrected chi connectivity index (χ2v) is 4.10. The minimum atomic E-state index is 0.257. The van der Waals surface area contributed by atoms with E-state index in [4.69, 9.17) is 5.11 Å². The molecule has 0 radical (unpaired) electrons. The highest BCUT2D eigenvalue weighted by Crippen LogP contribution is 2.16. The van der Waals surface area contributed by atoms with Crippen LogP contribution in [0.1, 0.15) is 36.1 Å². The molecule has 0 aliphatic carbocycles. The molecule has 0 aliphatic heterocycles. The molecule has 1 aromatic carbocycles.